The van der Waals surface area contributed by atoms with Gasteiger partial charge in [-0.3, -0.25) is 0 Å². The van der Waals surface area contributed by atoms with Crippen molar-refractivity contribution < 1.29 is 4.74 Å². The molecule has 0 spiro atoms. The molecule has 31 heavy (non-hydrogen) atoms. The van der Waals surface area contributed by atoms with E-state index in [9.17, 15) is 0 Å². The first-order valence-electron chi connectivity index (χ1n) is 10.4. The van der Waals surface area contributed by atoms with Crippen LogP contribution in [-0.4, -0.2) is 14.8 Å². The van der Waals surface area contributed by atoms with Crippen molar-refractivity contribution in [1.82, 2.24) is 14.8 Å². The molecule has 4 rings (SSSR count). The van der Waals surface area contributed by atoms with E-state index in [0.717, 1.165) is 45.2 Å². The molecule has 1 unspecified atom stereocenters. The highest BCUT2D eigenvalue weighted by Gasteiger charge is 2.19. The van der Waals surface area contributed by atoms with Crippen molar-refractivity contribution in [3.63, 3.8) is 0 Å². The minimum absolute atomic E-state index is 0.223. The maximum absolute atomic E-state index is 6.29. The first-order chi connectivity index (χ1) is 15.0. The second-order valence-electron chi connectivity index (χ2n) is 7.64. The minimum Gasteiger partial charge on any atom is -0.483 e. The fourth-order valence-corrected chi connectivity index (χ4v) is 4.92. The molecular formula is C25H26ClN3OS. The molecule has 0 bridgehead atoms. The van der Waals surface area contributed by atoms with Gasteiger partial charge in [0, 0.05) is 17.3 Å². The van der Waals surface area contributed by atoms with E-state index in [0.29, 0.717) is 0 Å². The number of halogens is 1. The number of rotatable bonds is 7. The number of aromatic nitrogens is 3. The third-order valence-corrected chi connectivity index (χ3v) is 7.00. The van der Waals surface area contributed by atoms with Gasteiger partial charge in [-0.15, -0.1) is 10.2 Å². The average Bonchev–Trinajstić information content (AvgIpc) is 3.19. The van der Waals surface area contributed by atoms with Gasteiger partial charge in [0.2, 0.25) is 0 Å². The Morgan fingerprint density at radius 3 is 2.48 bits per heavy atom. The highest BCUT2D eigenvalue weighted by Crippen LogP contribution is 2.31. The summed E-state index contributed by atoms with van der Waals surface area (Å²) in [6.07, 6.45) is -0.223. The van der Waals surface area contributed by atoms with Crippen LogP contribution in [0.15, 0.2) is 59.8 Å². The van der Waals surface area contributed by atoms with Crippen LogP contribution in [0.1, 0.15) is 42.5 Å². The Kier molecular flexibility index (Phi) is 6.54. The molecule has 0 aliphatic heterocycles. The summed E-state index contributed by atoms with van der Waals surface area (Å²) in [5, 5.41) is 13.2. The first kappa shape index (κ1) is 21.7. The lowest BCUT2D eigenvalue weighted by Gasteiger charge is -2.17. The van der Waals surface area contributed by atoms with E-state index < -0.39 is 0 Å². The van der Waals surface area contributed by atoms with Crippen molar-refractivity contribution >= 4 is 34.1 Å². The van der Waals surface area contributed by atoms with E-state index in [-0.39, 0.29) is 6.10 Å². The Hall–Kier alpha value is -2.50. The molecule has 3 aromatic carbocycles. The van der Waals surface area contributed by atoms with Crippen LogP contribution < -0.4 is 4.74 Å². The van der Waals surface area contributed by atoms with Crippen molar-refractivity contribution in [2.45, 2.75) is 51.3 Å². The molecule has 0 N–H and O–H groups in total. The molecule has 4 aromatic rings. The second-order valence-corrected chi connectivity index (χ2v) is 8.96. The normalized spacial score (nSPS) is 12.3. The van der Waals surface area contributed by atoms with Crippen LogP contribution in [0.25, 0.3) is 10.8 Å². The molecule has 0 aliphatic carbocycles. The fourth-order valence-electron chi connectivity index (χ4n) is 3.80. The lowest BCUT2D eigenvalue weighted by Crippen LogP contribution is -2.12. The number of ether oxygens (including phenoxy) is 1. The Labute approximate surface area is 192 Å². The van der Waals surface area contributed by atoms with E-state index >= 15 is 0 Å². The summed E-state index contributed by atoms with van der Waals surface area (Å²) in [4.78, 5) is 0. The summed E-state index contributed by atoms with van der Waals surface area (Å²) >= 11 is 8.00. The average molecular weight is 452 g/mol. The van der Waals surface area contributed by atoms with E-state index in [4.69, 9.17) is 16.3 Å². The van der Waals surface area contributed by atoms with Crippen LogP contribution in [0.4, 0.5) is 0 Å². The summed E-state index contributed by atoms with van der Waals surface area (Å²) in [7, 11) is 0. The molecule has 160 valence electrons. The third kappa shape index (κ3) is 4.58. The molecule has 4 nitrogen and oxygen atoms in total. The molecule has 0 aliphatic rings. The van der Waals surface area contributed by atoms with Crippen LogP contribution >= 0.6 is 23.4 Å². The Morgan fingerprint density at radius 1 is 1.03 bits per heavy atom. The van der Waals surface area contributed by atoms with Gasteiger partial charge in [-0.25, -0.2) is 0 Å². The quantitative estimate of drug-likeness (QED) is 0.279. The number of nitrogens with zero attached hydrogens (tertiary/aromatic N) is 3. The monoisotopic (exact) mass is 451 g/mol. The standard InChI is InChI=1S/C25H26ClN3OS/c1-5-29-24(18(4)30-21-13-16(2)23(26)17(3)14-21)27-28-25(29)31-15-20-11-8-10-19-9-6-7-12-22(19)20/h6-14,18H,5,15H2,1-4H3. The van der Waals surface area contributed by atoms with Crippen molar-refractivity contribution in [2.24, 2.45) is 0 Å². The van der Waals surface area contributed by atoms with Crippen LogP contribution in [0.5, 0.6) is 5.75 Å². The van der Waals surface area contributed by atoms with Crippen molar-refractivity contribution in [1.29, 1.82) is 0 Å². The van der Waals surface area contributed by atoms with Gasteiger partial charge in [0.05, 0.1) is 0 Å². The van der Waals surface area contributed by atoms with Gasteiger partial charge in [-0.05, 0) is 67.3 Å². The minimum atomic E-state index is -0.223. The van der Waals surface area contributed by atoms with Gasteiger partial charge in [0.15, 0.2) is 17.1 Å². The van der Waals surface area contributed by atoms with Crippen LogP contribution in [-0.2, 0) is 12.3 Å². The highest BCUT2D eigenvalue weighted by atomic mass is 35.5. The SMILES string of the molecule is CCn1c(SCc2cccc3ccccc23)nnc1C(C)Oc1cc(C)c(Cl)c(C)c1. The van der Waals surface area contributed by atoms with Crippen molar-refractivity contribution in [3.8, 4) is 5.75 Å². The number of hydrogen-bond donors (Lipinski definition) is 0. The number of benzene rings is 3. The van der Waals surface area contributed by atoms with Crippen molar-refractivity contribution in [3.05, 3.63) is 82.1 Å². The molecule has 0 amide bonds. The molecule has 0 radical (unpaired) electrons. The molecule has 0 saturated carbocycles. The van der Waals surface area contributed by atoms with Crippen molar-refractivity contribution in [2.75, 3.05) is 0 Å². The van der Waals surface area contributed by atoms with Gasteiger partial charge >= 0.3 is 0 Å². The number of hydrogen-bond acceptors (Lipinski definition) is 4. The molecule has 0 saturated heterocycles. The number of fused-ring (bicyclic) bond motifs is 1. The maximum Gasteiger partial charge on any atom is 0.191 e. The van der Waals surface area contributed by atoms with Gasteiger partial charge in [-0.2, -0.15) is 0 Å². The smallest absolute Gasteiger partial charge is 0.191 e. The first-order valence-corrected chi connectivity index (χ1v) is 11.8. The van der Waals surface area contributed by atoms with Gasteiger partial charge in [0.1, 0.15) is 5.75 Å². The largest absolute Gasteiger partial charge is 0.483 e. The summed E-state index contributed by atoms with van der Waals surface area (Å²) < 4.78 is 8.34. The van der Waals surface area contributed by atoms with Gasteiger partial charge < -0.3 is 9.30 Å². The van der Waals surface area contributed by atoms with E-state index in [1.807, 2.05) is 32.9 Å². The topological polar surface area (TPSA) is 39.9 Å². The molecule has 0 fully saturated rings. The summed E-state index contributed by atoms with van der Waals surface area (Å²) in [6, 6.07) is 18.9. The predicted octanol–water partition coefficient (Wildman–Crippen LogP) is 7.15. The zero-order chi connectivity index (χ0) is 22.0. The molecular weight excluding hydrogens is 426 g/mol. The van der Waals surface area contributed by atoms with Crippen LogP contribution in [0, 0.1) is 13.8 Å². The maximum atomic E-state index is 6.29. The van der Waals surface area contributed by atoms with Crippen LogP contribution in [0.2, 0.25) is 5.02 Å². The highest BCUT2D eigenvalue weighted by molar-refractivity contribution is 7.98. The summed E-state index contributed by atoms with van der Waals surface area (Å²) in [5.74, 6) is 2.46. The summed E-state index contributed by atoms with van der Waals surface area (Å²) in [6.45, 7) is 8.88. The Balaban J connectivity index is 1.53. The van der Waals surface area contributed by atoms with E-state index in [1.54, 1.807) is 11.8 Å². The molecule has 1 heterocycles. The van der Waals surface area contributed by atoms with Crippen LogP contribution in [0.3, 0.4) is 0 Å². The molecule has 1 atom stereocenters. The fraction of sp³-hybridized carbons (Fsp3) is 0.280. The number of aryl methyl sites for hydroxylation is 2. The lowest BCUT2D eigenvalue weighted by atomic mass is 10.1. The van der Waals surface area contributed by atoms with Gasteiger partial charge in [-0.1, -0.05) is 65.8 Å². The zero-order valence-electron chi connectivity index (χ0n) is 18.2. The third-order valence-electron chi connectivity index (χ3n) is 5.38. The lowest BCUT2D eigenvalue weighted by molar-refractivity contribution is 0.209. The van der Waals surface area contributed by atoms with E-state index in [2.05, 4.69) is 64.2 Å². The summed E-state index contributed by atoms with van der Waals surface area (Å²) in [5.41, 5.74) is 3.31. The van der Waals surface area contributed by atoms with E-state index in [1.165, 1.54) is 16.3 Å². The number of thioether (sulfide) groups is 1. The Morgan fingerprint density at radius 2 is 1.74 bits per heavy atom. The Bertz CT molecular complexity index is 1190. The molecule has 6 heteroatoms. The zero-order valence-corrected chi connectivity index (χ0v) is 19.8. The van der Waals surface area contributed by atoms with Gasteiger partial charge in [0.25, 0.3) is 0 Å². The predicted molar refractivity (Wildman–Crippen MR) is 129 cm³/mol. The second kappa shape index (κ2) is 9.33. The molecule has 1 aromatic heterocycles.